The summed E-state index contributed by atoms with van der Waals surface area (Å²) < 4.78 is 10.8. The number of ether oxygens (including phenoxy) is 2. The van der Waals surface area contributed by atoms with Crippen molar-refractivity contribution in [2.75, 3.05) is 6.61 Å². The zero-order valence-electron chi connectivity index (χ0n) is 11.2. The number of halogens is 1. The Kier molecular flexibility index (Phi) is 5.48. The second-order valence-corrected chi connectivity index (χ2v) is 4.88. The monoisotopic (exact) mass is 270 g/mol. The zero-order valence-corrected chi connectivity index (χ0v) is 12.0. The van der Waals surface area contributed by atoms with Crippen molar-refractivity contribution in [3.63, 3.8) is 0 Å². The van der Waals surface area contributed by atoms with Crippen molar-refractivity contribution in [3.05, 3.63) is 28.8 Å². The summed E-state index contributed by atoms with van der Waals surface area (Å²) in [6.45, 7) is 7.87. The minimum atomic E-state index is -0.593. The first kappa shape index (κ1) is 14.8. The molecule has 1 atom stereocenters. The molecule has 1 aromatic carbocycles. The molecule has 0 radical (unpaired) electrons. The van der Waals surface area contributed by atoms with Gasteiger partial charge in [0.05, 0.1) is 6.61 Å². The van der Waals surface area contributed by atoms with Gasteiger partial charge in [-0.2, -0.15) is 0 Å². The van der Waals surface area contributed by atoms with Crippen molar-refractivity contribution >= 4 is 17.6 Å². The predicted octanol–water partition coefficient (Wildman–Crippen LogP) is 3.61. The van der Waals surface area contributed by atoms with E-state index in [4.69, 9.17) is 21.1 Å². The average molecular weight is 271 g/mol. The van der Waals surface area contributed by atoms with E-state index in [1.807, 2.05) is 20.8 Å². The molecule has 0 aliphatic rings. The van der Waals surface area contributed by atoms with Gasteiger partial charge in [0.2, 0.25) is 0 Å². The third-order valence-corrected chi connectivity index (χ3v) is 2.75. The summed E-state index contributed by atoms with van der Waals surface area (Å²) in [6, 6.07) is 5.32. The molecule has 0 heterocycles. The van der Waals surface area contributed by atoms with E-state index in [9.17, 15) is 4.79 Å². The molecule has 0 aliphatic carbocycles. The Balaban J connectivity index is 2.86. The van der Waals surface area contributed by atoms with Crippen LogP contribution in [-0.2, 0) is 9.53 Å². The van der Waals surface area contributed by atoms with Gasteiger partial charge < -0.3 is 9.47 Å². The lowest BCUT2D eigenvalue weighted by molar-refractivity contribution is -0.153. The Morgan fingerprint density at radius 3 is 2.56 bits per heavy atom. The molecule has 3 nitrogen and oxygen atoms in total. The van der Waals surface area contributed by atoms with E-state index in [0.717, 1.165) is 5.56 Å². The van der Waals surface area contributed by atoms with Gasteiger partial charge in [-0.25, -0.2) is 4.79 Å². The maximum absolute atomic E-state index is 11.8. The van der Waals surface area contributed by atoms with Crippen LogP contribution < -0.4 is 4.74 Å². The van der Waals surface area contributed by atoms with Crippen LogP contribution in [0.1, 0.15) is 26.3 Å². The topological polar surface area (TPSA) is 35.5 Å². The SMILES string of the molecule is CCOC(=O)C(Oc1ccc(Cl)cc1C)C(C)C. The van der Waals surface area contributed by atoms with Crippen LogP contribution >= 0.6 is 11.6 Å². The molecule has 0 spiro atoms. The lowest BCUT2D eigenvalue weighted by Crippen LogP contribution is -2.34. The third-order valence-electron chi connectivity index (χ3n) is 2.52. The van der Waals surface area contributed by atoms with Crippen LogP contribution in [0.5, 0.6) is 5.75 Å². The highest BCUT2D eigenvalue weighted by molar-refractivity contribution is 6.30. The van der Waals surface area contributed by atoms with Crippen LogP contribution in [0.4, 0.5) is 0 Å². The fourth-order valence-electron chi connectivity index (χ4n) is 1.56. The highest BCUT2D eigenvalue weighted by atomic mass is 35.5. The van der Waals surface area contributed by atoms with Gasteiger partial charge in [-0.15, -0.1) is 0 Å². The molecule has 1 unspecified atom stereocenters. The molecule has 0 saturated carbocycles. The van der Waals surface area contributed by atoms with Crippen LogP contribution in [0.25, 0.3) is 0 Å². The van der Waals surface area contributed by atoms with Gasteiger partial charge in [-0.1, -0.05) is 25.4 Å². The molecule has 0 aliphatic heterocycles. The number of esters is 1. The van der Waals surface area contributed by atoms with E-state index in [0.29, 0.717) is 17.4 Å². The Morgan fingerprint density at radius 2 is 2.06 bits per heavy atom. The van der Waals surface area contributed by atoms with Crippen molar-refractivity contribution in [3.8, 4) is 5.75 Å². The maximum Gasteiger partial charge on any atom is 0.347 e. The number of hydrogen-bond acceptors (Lipinski definition) is 3. The van der Waals surface area contributed by atoms with Gasteiger partial charge in [0.1, 0.15) is 5.75 Å². The van der Waals surface area contributed by atoms with Crippen molar-refractivity contribution in [1.29, 1.82) is 0 Å². The molecular weight excluding hydrogens is 252 g/mol. The maximum atomic E-state index is 11.8. The first-order chi connectivity index (χ1) is 8.45. The number of carbonyl (C=O) groups excluding carboxylic acids is 1. The van der Waals surface area contributed by atoms with Crippen LogP contribution in [-0.4, -0.2) is 18.7 Å². The van der Waals surface area contributed by atoms with E-state index >= 15 is 0 Å². The standard InChI is InChI=1S/C14H19ClO3/c1-5-17-14(16)13(9(2)3)18-12-7-6-11(15)8-10(12)4/h6-9,13H,5H2,1-4H3. The van der Waals surface area contributed by atoms with Crippen molar-refractivity contribution < 1.29 is 14.3 Å². The van der Waals surface area contributed by atoms with Gasteiger partial charge in [0.15, 0.2) is 6.10 Å². The first-order valence-electron chi connectivity index (χ1n) is 6.05. The van der Waals surface area contributed by atoms with Crippen molar-refractivity contribution in [2.45, 2.75) is 33.8 Å². The van der Waals surface area contributed by atoms with Crippen LogP contribution in [0.3, 0.4) is 0 Å². The summed E-state index contributed by atoms with van der Waals surface area (Å²) in [4.78, 5) is 11.8. The number of benzene rings is 1. The molecule has 1 rings (SSSR count). The van der Waals surface area contributed by atoms with Gasteiger partial charge in [-0.05, 0) is 37.6 Å². The zero-order chi connectivity index (χ0) is 13.7. The molecule has 0 aromatic heterocycles. The molecule has 1 aromatic rings. The van der Waals surface area contributed by atoms with Crippen LogP contribution in [0.2, 0.25) is 5.02 Å². The Labute approximate surface area is 113 Å². The molecular formula is C14H19ClO3. The summed E-state index contributed by atoms with van der Waals surface area (Å²) >= 11 is 5.88. The van der Waals surface area contributed by atoms with E-state index in [1.165, 1.54) is 0 Å². The number of rotatable bonds is 5. The highest BCUT2D eigenvalue weighted by Gasteiger charge is 2.26. The molecule has 0 fully saturated rings. The molecule has 4 heteroatoms. The predicted molar refractivity (Wildman–Crippen MR) is 72.1 cm³/mol. The van der Waals surface area contributed by atoms with Crippen molar-refractivity contribution in [1.82, 2.24) is 0 Å². The van der Waals surface area contributed by atoms with E-state index < -0.39 is 6.10 Å². The second kappa shape index (κ2) is 6.64. The smallest absolute Gasteiger partial charge is 0.347 e. The largest absolute Gasteiger partial charge is 0.478 e. The molecule has 0 amide bonds. The second-order valence-electron chi connectivity index (χ2n) is 4.44. The minimum Gasteiger partial charge on any atom is -0.478 e. The summed E-state index contributed by atoms with van der Waals surface area (Å²) in [5.41, 5.74) is 0.900. The van der Waals surface area contributed by atoms with E-state index in [1.54, 1.807) is 25.1 Å². The highest BCUT2D eigenvalue weighted by Crippen LogP contribution is 2.24. The van der Waals surface area contributed by atoms with Crippen LogP contribution in [0.15, 0.2) is 18.2 Å². The van der Waals surface area contributed by atoms with Crippen molar-refractivity contribution in [2.24, 2.45) is 5.92 Å². The molecule has 0 bridgehead atoms. The normalized spacial score (nSPS) is 12.3. The summed E-state index contributed by atoms with van der Waals surface area (Å²) in [5, 5.41) is 0.650. The van der Waals surface area contributed by atoms with Crippen LogP contribution in [0, 0.1) is 12.8 Å². The van der Waals surface area contributed by atoms with Gasteiger partial charge >= 0.3 is 5.97 Å². The Morgan fingerprint density at radius 1 is 1.39 bits per heavy atom. The quantitative estimate of drug-likeness (QED) is 0.767. The van der Waals surface area contributed by atoms with Gasteiger partial charge in [-0.3, -0.25) is 0 Å². The lowest BCUT2D eigenvalue weighted by Gasteiger charge is -2.21. The number of carbonyl (C=O) groups is 1. The summed E-state index contributed by atoms with van der Waals surface area (Å²) in [6.07, 6.45) is -0.593. The Hall–Kier alpha value is -1.22. The number of aryl methyl sites for hydroxylation is 1. The molecule has 0 saturated heterocycles. The fourth-order valence-corrected chi connectivity index (χ4v) is 1.79. The summed E-state index contributed by atoms with van der Waals surface area (Å²) in [7, 11) is 0. The van der Waals surface area contributed by atoms with Gasteiger partial charge in [0.25, 0.3) is 0 Å². The lowest BCUT2D eigenvalue weighted by atomic mass is 10.1. The Bertz CT molecular complexity index is 416. The first-order valence-corrected chi connectivity index (χ1v) is 6.43. The van der Waals surface area contributed by atoms with E-state index in [2.05, 4.69) is 0 Å². The van der Waals surface area contributed by atoms with E-state index in [-0.39, 0.29) is 11.9 Å². The fraction of sp³-hybridized carbons (Fsp3) is 0.500. The molecule has 18 heavy (non-hydrogen) atoms. The number of hydrogen-bond donors (Lipinski definition) is 0. The average Bonchev–Trinajstić information content (AvgIpc) is 2.27. The minimum absolute atomic E-state index is 0.0409. The molecule has 0 N–H and O–H groups in total. The third kappa shape index (κ3) is 3.91. The van der Waals surface area contributed by atoms with Gasteiger partial charge in [0, 0.05) is 10.9 Å². The molecule has 100 valence electrons. The summed E-state index contributed by atoms with van der Waals surface area (Å²) in [5.74, 6) is 0.368.